The summed E-state index contributed by atoms with van der Waals surface area (Å²) in [5, 5.41) is 11.2. The lowest BCUT2D eigenvalue weighted by Crippen LogP contribution is -2.29. The van der Waals surface area contributed by atoms with Gasteiger partial charge in [-0.2, -0.15) is 0 Å². The Kier molecular flexibility index (Phi) is 3.26. The summed E-state index contributed by atoms with van der Waals surface area (Å²) in [5.74, 6) is -1.88. The standard InChI is InChI=1S/C15H10N2O4S/c16-10-8-6-9(15(20)21)13(19)17-14(8)22-12(10)11(18)7-4-2-1-3-5-7/h1-6H,16H2,(H,17,19)(H,20,21)/p-1. The number of aromatic amines is 1. The maximum Gasteiger partial charge on any atom is 0.258 e. The number of carbonyl (C=O) groups is 2. The Bertz CT molecular complexity index is 957. The van der Waals surface area contributed by atoms with Crippen molar-refractivity contribution >= 4 is 39.0 Å². The number of aromatic nitrogens is 1. The average Bonchev–Trinajstić information content (AvgIpc) is 2.82. The van der Waals surface area contributed by atoms with Crippen LogP contribution in [0.25, 0.3) is 10.2 Å². The molecular weight excluding hydrogens is 304 g/mol. The zero-order valence-electron chi connectivity index (χ0n) is 11.1. The molecule has 2 heterocycles. The van der Waals surface area contributed by atoms with Gasteiger partial charge in [-0.3, -0.25) is 9.59 Å². The van der Waals surface area contributed by atoms with Gasteiger partial charge in [-0.25, -0.2) is 0 Å². The van der Waals surface area contributed by atoms with Crippen molar-refractivity contribution < 1.29 is 14.7 Å². The van der Waals surface area contributed by atoms with Crippen molar-refractivity contribution in [2.24, 2.45) is 0 Å². The summed E-state index contributed by atoms with van der Waals surface area (Å²) in [6.07, 6.45) is 0. The Labute approximate surface area is 127 Å². The number of carbonyl (C=O) groups excluding carboxylic acids is 2. The molecule has 2 aromatic heterocycles. The zero-order valence-corrected chi connectivity index (χ0v) is 11.9. The van der Waals surface area contributed by atoms with Crippen LogP contribution in [0.4, 0.5) is 5.69 Å². The van der Waals surface area contributed by atoms with Gasteiger partial charge in [0.15, 0.2) is 0 Å². The smallest absolute Gasteiger partial charge is 0.258 e. The van der Waals surface area contributed by atoms with Crippen LogP contribution >= 0.6 is 11.3 Å². The first kappa shape index (κ1) is 14.0. The summed E-state index contributed by atoms with van der Waals surface area (Å²) in [4.78, 5) is 38.0. The van der Waals surface area contributed by atoms with E-state index in [1.54, 1.807) is 30.3 Å². The van der Waals surface area contributed by atoms with Gasteiger partial charge in [0.25, 0.3) is 5.56 Å². The van der Waals surface area contributed by atoms with Gasteiger partial charge in [-0.1, -0.05) is 30.3 Å². The van der Waals surface area contributed by atoms with E-state index in [1.165, 1.54) is 0 Å². The number of nitrogen functional groups attached to an aromatic ring is 1. The van der Waals surface area contributed by atoms with Crippen LogP contribution in [-0.2, 0) is 0 Å². The summed E-state index contributed by atoms with van der Waals surface area (Å²) in [5.41, 5.74) is 5.26. The minimum Gasteiger partial charge on any atom is -0.545 e. The third kappa shape index (κ3) is 2.17. The number of aromatic carboxylic acids is 1. The molecule has 0 unspecified atom stereocenters. The number of carboxylic acid groups (broad SMARTS) is 1. The van der Waals surface area contributed by atoms with Crippen LogP contribution in [0.2, 0.25) is 0 Å². The number of hydrogen-bond donors (Lipinski definition) is 2. The van der Waals surface area contributed by atoms with Crippen molar-refractivity contribution in [1.82, 2.24) is 4.98 Å². The van der Waals surface area contributed by atoms with Gasteiger partial charge in [-0.15, -0.1) is 11.3 Å². The van der Waals surface area contributed by atoms with Gasteiger partial charge < -0.3 is 20.6 Å². The molecule has 3 rings (SSSR count). The van der Waals surface area contributed by atoms with Crippen molar-refractivity contribution in [2.75, 3.05) is 5.73 Å². The first-order valence-electron chi connectivity index (χ1n) is 6.25. The van der Waals surface area contributed by atoms with E-state index in [2.05, 4.69) is 4.98 Å². The number of thiophene rings is 1. The van der Waals surface area contributed by atoms with Gasteiger partial charge in [0.1, 0.15) is 9.71 Å². The van der Waals surface area contributed by atoms with Crippen molar-refractivity contribution in [3.63, 3.8) is 0 Å². The quantitative estimate of drug-likeness (QED) is 0.693. The number of pyridine rings is 1. The van der Waals surface area contributed by atoms with Crippen molar-refractivity contribution in [3.05, 3.63) is 62.8 Å². The number of anilines is 1. The second kappa shape index (κ2) is 5.12. The van der Waals surface area contributed by atoms with Crippen LogP contribution in [0.5, 0.6) is 0 Å². The molecule has 0 saturated heterocycles. The predicted molar refractivity (Wildman–Crippen MR) is 81.1 cm³/mol. The van der Waals surface area contributed by atoms with Crippen molar-refractivity contribution in [1.29, 1.82) is 0 Å². The van der Waals surface area contributed by atoms with Gasteiger partial charge in [0.2, 0.25) is 5.78 Å². The van der Waals surface area contributed by atoms with E-state index in [0.29, 0.717) is 15.8 Å². The minimum atomic E-state index is -1.59. The number of rotatable bonds is 3. The minimum absolute atomic E-state index is 0.146. The van der Waals surface area contributed by atoms with Crippen molar-refractivity contribution in [3.8, 4) is 0 Å². The Morgan fingerprint density at radius 1 is 1.18 bits per heavy atom. The van der Waals surface area contributed by atoms with E-state index < -0.39 is 17.1 Å². The second-order valence-electron chi connectivity index (χ2n) is 4.58. The van der Waals surface area contributed by atoms with Gasteiger partial charge in [-0.05, 0) is 6.07 Å². The molecule has 0 atom stereocenters. The zero-order chi connectivity index (χ0) is 15.9. The molecule has 22 heavy (non-hydrogen) atoms. The number of benzene rings is 1. The molecule has 7 heteroatoms. The van der Waals surface area contributed by atoms with Crippen LogP contribution in [0.1, 0.15) is 25.6 Å². The van der Waals surface area contributed by atoms with Crippen LogP contribution in [0.3, 0.4) is 0 Å². The lowest BCUT2D eigenvalue weighted by molar-refractivity contribution is -0.255. The molecule has 0 spiro atoms. The maximum absolute atomic E-state index is 12.5. The monoisotopic (exact) mass is 313 g/mol. The Balaban J connectivity index is 2.21. The van der Waals surface area contributed by atoms with E-state index in [9.17, 15) is 19.5 Å². The van der Waals surface area contributed by atoms with Crippen LogP contribution in [-0.4, -0.2) is 16.7 Å². The fourth-order valence-corrected chi connectivity index (χ4v) is 3.17. The summed E-state index contributed by atoms with van der Waals surface area (Å²) < 4.78 is 0. The lowest BCUT2D eigenvalue weighted by atomic mass is 10.1. The topological polar surface area (TPSA) is 116 Å². The first-order valence-corrected chi connectivity index (χ1v) is 7.07. The number of ketones is 1. The molecule has 110 valence electrons. The van der Waals surface area contributed by atoms with Gasteiger partial charge in [0, 0.05) is 10.9 Å². The van der Waals surface area contributed by atoms with E-state index in [1.807, 2.05) is 0 Å². The molecule has 0 radical (unpaired) electrons. The highest BCUT2D eigenvalue weighted by molar-refractivity contribution is 7.21. The predicted octanol–water partition coefficient (Wildman–Crippen LogP) is 0.766. The Morgan fingerprint density at radius 2 is 1.86 bits per heavy atom. The molecule has 0 aliphatic rings. The van der Waals surface area contributed by atoms with E-state index in [0.717, 1.165) is 17.4 Å². The van der Waals surface area contributed by atoms with Crippen LogP contribution < -0.4 is 16.4 Å². The second-order valence-corrected chi connectivity index (χ2v) is 5.60. The first-order chi connectivity index (χ1) is 10.5. The number of H-pyrrole nitrogens is 1. The van der Waals surface area contributed by atoms with Crippen LogP contribution in [0, 0.1) is 0 Å². The lowest BCUT2D eigenvalue weighted by Gasteiger charge is -2.01. The van der Waals surface area contributed by atoms with E-state index >= 15 is 0 Å². The highest BCUT2D eigenvalue weighted by atomic mass is 32.1. The third-order valence-corrected chi connectivity index (χ3v) is 4.34. The van der Waals surface area contributed by atoms with E-state index in [4.69, 9.17) is 5.73 Å². The average molecular weight is 313 g/mol. The number of nitrogens with two attached hydrogens (primary N) is 1. The molecule has 3 aromatic rings. The molecule has 0 bridgehead atoms. The molecule has 3 N–H and O–H groups in total. The van der Waals surface area contributed by atoms with Gasteiger partial charge >= 0.3 is 0 Å². The summed E-state index contributed by atoms with van der Waals surface area (Å²) >= 11 is 1.02. The number of carboxylic acids is 1. The normalized spacial score (nSPS) is 10.7. The van der Waals surface area contributed by atoms with E-state index in [-0.39, 0.29) is 16.3 Å². The third-order valence-electron chi connectivity index (χ3n) is 3.21. The molecule has 0 aliphatic carbocycles. The van der Waals surface area contributed by atoms with Crippen LogP contribution in [0.15, 0.2) is 41.2 Å². The molecule has 1 aromatic carbocycles. The molecule has 0 fully saturated rings. The molecule has 0 aliphatic heterocycles. The summed E-state index contributed by atoms with van der Waals surface area (Å²) in [6.45, 7) is 0. The highest BCUT2D eigenvalue weighted by Crippen LogP contribution is 2.33. The maximum atomic E-state index is 12.5. The van der Waals surface area contributed by atoms with Gasteiger partial charge in [0.05, 0.1) is 17.2 Å². The molecule has 6 nitrogen and oxygen atoms in total. The Morgan fingerprint density at radius 3 is 2.50 bits per heavy atom. The summed E-state index contributed by atoms with van der Waals surface area (Å²) in [7, 11) is 0. The largest absolute Gasteiger partial charge is 0.545 e. The number of hydrogen-bond acceptors (Lipinski definition) is 6. The Hall–Kier alpha value is -2.93. The summed E-state index contributed by atoms with van der Waals surface area (Å²) in [6, 6.07) is 9.69. The van der Waals surface area contributed by atoms with Crippen molar-refractivity contribution in [2.45, 2.75) is 0 Å². The highest BCUT2D eigenvalue weighted by Gasteiger charge is 2.19. The molecular formula is C15H9N2O4S-. The fraction of sp³-hybridized carbons (Fsp3) is 0. The molecule has 0 amide bonds. The number of nitrogens with one attached hydrogen (secondary N) is 1. The SMILES string of the molecule is Nc1c(C(=O)c2ccccc2)sc2[nH]c(=O)c(C(=O)[O-])cc12. The fourth-order valence-electron chi connectivity index (χ4n) is 2.11. The number of fused-ring (bicyclic) bond motifs is 1. The molecule has 0 saturated carbocycles.